The maximum Gasteiger partial charge on any atom is 2.00 e. The molecule has 0 nitrogen and oxygen atoms in total. The van der Waals surface area contributed by atoms with Crippen LogP contribution in [-0.4, -0.2) is 30.8 Å². The fraction of sp³-hybridized carbons (Fsp3) is 0.882. The number of hydrogen-bond donors (Lipinski definition) is 0. The minimum Gasteiger partial charge on any atom is -0.358 e. The average Bonchev–Trinajstić information content (AvgIpc) is 3.58. The van der Waals surface area contributed by atoms with Gasteiger partial charge in [-0.1, -0.05) is 125 Å². The molecule has 4 saturated carbocycles. The second-order valence-corrected chi connectivity index (χ2v) is 16.7. The van der Waals surface area contributed by atoms with E-state index in [2.05, 4.69) is 54.6 Å². The van der Waals surface area contributed by atoms with E-state index in [1.54, 1.807) is 0 Å². The van der Waals surface area contributed by atoms with E-state index >= 15 is 0 Å². The molecule has 4 rings (SSSR count). The molecule has 0 heterocycles. The molecule has 0 aromatic rings. The van der Waals surface area contributed by atoms with Crippen molar-refractivity contribution in [3.8, 4) is 0 Å². The number of rotatable bonds is 4. The molecule has 4 heteroatoms. The van der Waals surface area contributed by atoms with Gasteiger partial charge in [-0.25, -0.2) is 0 Å². The summed E-state index contributed by atoms with van der Waals surface area (Å²) in [5.41, 5.74) is 0.998. The molecule has 6 atom stereocenters. The molecule has 0 radical (unpaired) electrons. The Morgan fingerprint density at radius 3 is 1.18 bits per heavy atom. The molecular weight excluding hydrogens is 582 g/mol. The van der Waals surface area contributed by atoms with Crippen molar-refractivity contribution in [2.24, 2.45) is 23.7 Å². The summed E-state index contributed by atoms with van der Waals surface area (Å²) < 4.78 is 0. The van der Waals surface area contributed by atoms with Crippen molar-refractivity contribution < 1.29 is 34.1 Å². The SMILES string of the molecule is C1CCCC1.C1CCCC1.CC1CCCC1C(C)(C)P(C)C.CPC(C)C1CCCC1C.[CH3-].[CH3-].[CH3-].[CH3-].[Fe+2].[Fe+2]. The van der Waals surface area contributed by atoms with Crippen molar-refractivity contribution in [2.75, 3.05) is 20.0 Å². The third-order valence-corrected chi connectivity index (χ3v) is 13.4. The predicted octanol–water partition coefficient (Wildman–Crippen LogP) is 12.8. The summed E-state index contributed by atoms with van der Waals surface area (Å²) >= 11 is 0. The van der Waals surface area contributed by atoms with Crippen LogP contribution in [-0.2, 0) is 34.1 Å². The molecule has 0 N–H and O–H groups in total. The Labute approximate surface area is 270 Å². The van der Waals surface area contributed by atoms with Crippen molar-refractivity contribution >= 4 is 16.5 Å². The summed E-state index contributed by atoms with van der Waals surface area (Å²) in [4.78, 5) is 0. The zero-order valence-electron chi connectivity index (χ0n) is 28.4. The minimum absolute atomic E-state index is 0. The summed E-state index contributed by atoms with van der Waals surface area (Å²) in [5, 5.41) is 0.616. The molecule has 0 amide bonds. The van der Waals surface area contributed by atoms with Crippen molar-refractivity contribution in [2.45, 2.75) is 148 Å². The first-order valence-corrected chi connectivity index (χ1v) is 18.4. The third kappa shape index (κ3) is 20.7. The summed E-state index contributed by atoms with van der Waals surface area (Å²) in [7, 11) is 1.37. The normalized spacial score (nSPS) is 26.1. The summed E-state index contributed by atoms with van der Waals surface area (Å²) in [6, 6.07) is 0. The van der Waals surface area contributed by atoms with E-state index in [9.17, 15) is 0 Å². The monoisotopic (exact) mass is 656 g/mol. The van der Waals surface area contributed by atoms with E-state index in [-0.39, 0.29) is 71.8 Å². The van der Waals surface area contributed by atoms with Gasteiger partial charge in [0.05, 0.1) is 0 Å². The van der Waals surface area contributed by atoms with Gasteiger partial charge in [0, 0.05) is 0 Å². The van der Waals surface area contributed by atoms with E-state index in [0.717, 1.165) is 37.9 Å². The second kappa shape index (κ2) is 30.4. The second-order valence-electron chi connectivity index (χ2n) is 12.2. The van der Waals surface area contributed by atoms with Gasteiger partial charge in [-0.2, -0.15) is 0 Å². The van der Waals surface area contributed by atoms with Gasteiger partial charge < -0.3 is 29.7 Å². The molecule has 4 aliphatic rings. The van der Waals surface area contributed by atoms with E-state index in [4.69, 9.17) is 0 Å². The smallest absolute Gasteiger partial charge is 0.358 e. The molecule has 0 bridgehead atoms. The fourth-order valence-electron chi connectivity index (χ4n) is 6.43. The van der Waals surface area contributed by atoms with Crippen LogP contribution in [0.5, 0.6) is 0 Å². The van der Waals surface area contributed by atoms with Crippen LogP contribution in [0.15, 0.2) is 0 Å². The van der Waals surface area contributed by atoms with Crippen molar-refractivity contribution in [3.63, 3.8) is 0 Å². The molecule has 236 valence electrons. The predicted molar refractivity (Wildman–Crippen MR) is 181 cm³/mol. The Kier molecular flexibility index (Phi) is 42.0. The topological polar surface area (TPSA) is 0 Å². The van der Waals surface area contributed by atoms with Gasteiger partial charge >= 0.3 is 34.1 Å². The van der Waals surface area contributed by atoms with Gasteiger partial charge in [-0.3, -0.25) is 0 Å². The van der Waals surface area contributed by atoms with Crippen LogP contribution in [0, 0.1) is 53.4 Å². The molecule has 0 aromatic heterocycles. The first-order valence-electron chi connectivity index (χ1n) is 14.6. The molecule has 0 aromatic carbocycles. The van der Waals surface area contributed by atoms with Gasteiger partial charge in [0.15, 0.2) is 0 Å². The van der Waals surface area contributed by atoms with Crippen LogP contribution in [0.3, 0.4) is 0 Å². The fourth-order valence-corrected chi connectivity index (χ4v) is 8.40. The van der Waals surface area contributed by atoms with Crippen LogP contribution in [0.4, 0.5) is 0 Å². The van der Waals surface area contributed by atoms with Crippen molar-refractivity contribution in [3.05, 3.63) is 29.7 Å². The Morgan fingerprint density at radius 2 is 0.947 bits per heavy atom. The summed E-state index contributed by atoms with van der Waals surface area (Å²) in [5.74, 6) is 4.05. The number of hydrogen-bond acceptors (Lipinski definition) is 0. The Balaban J connectivity index is -0.0000000897. The Hall–Kier alpha value is 1.90. The first kappa shape index (κ1) is 52.5. The van der Waals surface area contributed by atoms with Crippen molar-refractivity contribution in [1.29, 1.82) is 0 Å². The summed E-state index contributed by atoms with van der Waals surface area (Å²) in [6.45, 7) is 19.4. The van der Waals surface area contributed by atoms with Crippen molar-refractivity contribution in [1.82, 2.24) is 0 Å². The standard InChI is InChI=1S/C11H23P.C9H19P.2C5H10.4CH3.2Fe/c1-9-7-6-8-10(9)11(2,3)12(4)5;1-7-5-4-6-9(7)8(2)10-3;2*1-2-4-5-3-1;;;;;;/h9-10H,6-8H2,1-5H3;7-10H,4-6H2,1-3H3;2*1-5H2;4*1H3;;/q;;;;4*-1;2*+2. The van der Waals surface area contributed by atoms with E-state index in [1.807, 2.05) is 0 Å². The molecule has 38 heavy (non-hydrogen) atoms. The van der Waals surface area contributed by atoms with Gasteiger partial charge in [0.1, 0.15) is 0 Å². The first-order chi connectivity index (χ1) is 15.2. The van der Waals surface area contributed by atoms with Gasteiger partial charge in [0.2, 0.25) is 0 Å². The molecular formula is C34H74Fe2P2. The molecule has 4 fully saturated rings. The molecule has 6 unspecified atom stereocenters. The van der Waals surface area contributed by atoms with Crippen LogP contribution in [0.25, 0.3) is 0 Å². The Bertz CT molecular complexity index is 423. The van der Waals surface area contributed by atoms with E-state index in [0.29, 0.717) is 5.16 Å². The molecule has 4 aliphatic carbocycles. The third-order valence-electron chi connectivity index (χ3n) is 9.45. The molecule has 0 aliphatic heterocycles. The van der Waals surface area contributed by atoms with Crippen LogP contribution in [0.1, 0.15) is 137 Å². The molecule has 0 saturated heterocycles. The van der Waals surface area contributed by atoms with Crippen LogP contribution in [0.2, 0.25) is 0 Å². The minimum atomic E-state index is 0. The maximum absolute atomic E-state index is 2.48. The largest absolute Gasteiger partial charge is 2.00 e. The zero-order chi connectivity index (χ0) is 24.0. The maximum atomic E-state index is 2.48. The van der Waals surface area contributed by atoms with E-state index < -0.39 is 0 Å². The summed E-state index contributed by atoms with van der Waals surface area (Å²) in [6.07, 6.45) is 23.9. The zero-order valence-corrected chi connectivity index (χ0v) is 32.5. The quantitative estimate of drug-likeness (QED) is 0.161. The van der Waals surface area contributed by atoms with E-state index in [1.165, 1.54) is 103 Å². The van der Waals surface area contributed by atoms with Gasteiger partial charge in [-0.15, -0.1) is 16.5 Å². The van der Waals surface area contributed by atoms with Gasteiger partial charge in [0.25, 0.3) is 0 Å². The molecule has 0 spiro atoms. The Morgan fingerprint density at radius 1 is 0.605 bits per heavy atom. The van der Waals surface area contributed by atoms with Crippen LogP contribution < -0.4 is 0 Å². The van der Waals surface area contributed by atoms with Gasteiger partial charge in [-0.05, 0) is 67.3 Å². The average molecular weight is 657 g/mol. The van der Waals surface area contributed by atoms with Crippen LogP contribution >= 0.6 is 16.5 Å².